The van der Waals surface area contributed by atoms with E-state index >= 15 is 0 Å². The summed E-state index contributed by atoms with van der Waals surface area (Å²) in [4.78, 5) is 28.1. The molecule has 6 nitrogen and oxygen atoms in total. The van der Waals surface area contributed by atoms with Gasteiger partial charge in [-0.15, -0.1) is 11.3 Å². The predicted molar refractivity (Wildman–Crippen MR) is 140 cm³/mol. The van der Waals surface area contributed by atoms with Crippen LogP contribution < -0.4 is 11.1 Å². The van der Waals surface area contributed by atoms with Gasteiger partial charge in [-0.05, 0) is 71.3 Å². The van der Waals surface area contributed by atoms with Crippen LogP contribution >= 0.6 is 18.7 Å². The lowest BCUT2D eigenvalue weighted by atomic mass is 10.1. The van der Waals surface area contributed by atoms with Gasteiger partial charge in [-0.3, -0.25) is 14.3 Å². The number of carbonyl (C=O) groups excluding carboxylic acids is 1. The molecule has 0 aliphatic rings. The molecule has 34 heavy (non-hydrogen) atoms. The molecule has 0 aliphatic carbocycles. The molecule has 0 saturated heterocycles. The summed E-state index contributed by atoms with van der Waals surface area (Å²) in [5.41, 5.74) is 10.5. The van der Waals surface area contributed by atoms with Crippen LogP contribution in [0.1, 0.15) is 27.9 Å². The molecule has 0 spiro atoms. The number of thiophene rings is 1. The summed E-state index contributed by atoms with van der Waals surface area (Å²) in [6, 6.07) is 20.5. The molecule has 2 aromatic carbocycles. The van der Waals surface area contributed by atoms with Crippen LogP contribution in [0, 0.1) is 0 Å². The Labute approximate surface area is 203 Å². The van der Waals surface area contributed by atoms with Gasteiger partial charge in [0.1, 0.15) is 0 Å². The molecule has 2 aromatic heterocycles. The highest BCUT2D eigenvalue weighted by atomic mass is 32.1. The summed E-state index contributed by atoms with van der Waals surface area (Å²) in [6.45, 7) is 0. The number of pyridine rings is 1. The van der Waals surface area contributed by atoms with Crippen LogP contribution in [0.15, 0.2) is 84.5 Å². The van der Waals surface area contributed by atoms with Crippen molar-refractivity contribution in [3.8, 4) is 10.4 Å². The molecule has 0 saturated carbocycles. The molecule has 0 bridgehead atoms. The van der Waals surface area contributed by atoms with Crippen LogP contribution in [0.4, 0.5) is 11.4 Å². The van der Waals surface area contributed by atoms with Gasteiger partial charge in [-0.1, -0.05) is 30.3 Å². The van der Waals surface area contributed by atoms with Gasteiger partial charge in [-0.2, -0.15) is 0 Å². The SMILES string of the molecule is Nc1ccc(-c2cccs2)cc1NC(=O)c1ccc(CCCP(=O)(O)Cc2cccnc2)cc1. The second-order valence-corrected chi connectivity index (χ2v) is 11.5. The third kappa shape index (κ3) is 6.41. The number of benzene rings is 2. The average molecular weight is 492 g/mol. The van der Waals surface area contributed by atoms with Gasteiger partial charge >= 0.3 is 0 Å². The van der Waals surface area contributed by atoms with E-state index in [1.807, 2.05) is 47.8 Å². The van der Waals surface area contributed by atoms with Gasteiger partial charge in [-0.25, -0.2) is 0 Å². The first-order valence-corrected chi connectivity index (χ1v) is 13.8. The zero-order chi connectivity index (χ0) is 24.0. The van der Waals surface area contributed by atoms with Crippen molar-refractivity contribution in [1.29, 1.82) is 0 Å². The Hall–Kier alpha value is -3.25. The van der Waals surface area contributed by atoms with E-state index in [0.29, 0.717) is 29.8 Å². The highest BCUT2D eigenvalue weighted by Crippen LogP contribution is 2.45. The van der Waals surface area contributed by atoms with Gasteiger partial charge in [0.25, 0.3) is 5.91 Å². The minimum absolute atomic E-state index is 0.136. The third-order valence-corrected chi connectivity index (χ3v) is 8.24. The number of nitrogens with one attached hydrogen (secondary N) is 1. The van der Waals surface area contributed by atoms with Crippen molar-refractivity contribution < 1.29 is 14.3 Å². The van der Waals surface area contributed by atoms with Crippen LogP contribution in [0.5, 0.6) is 0 Å². The average Bonchev–Trinajstić information content (AvgIpc) is 3.36. The third-order valence-electron chi connectivity index (χ3n) is 5.45. The van der Waals surface area contributed by atoms with Crippen LogP contribution in [0.25, 0.3) is 10.4 Å². The molecule has 0 fully saturated rings. The fourth-order valence-corrected chi connectivity index (χ4v) is 5.96. The molecule has 174 valence electrons. The molecule has 8 heteroatoms. The van der Waals surface area contributed by atoms with Crippen LogP contribution in [0.3, 0.4) is 0 Å². The van der Waals surface area contributed by atoms with E-state index in [0.717, 1.165) is 21.6 Å². The first-order chi connectivity index (χ1) is 16.4. The Morgan fingerprint density at radius 1 is 1.06 bits per heavy atom. The topological polar surface area (TPSA) is 105 Å². The molecule has 2 heterocycles. The Bertz CT molecular complexity index is 1290. The first-order valence-electron chi connectivity index (χ1n) is 10.9. The van der Waals surface area contributed by atoms with Crippen molar-refractivity contribution in [2.75, 3.05) is 17.2 Å². The molecule has 4 N–H and O–H groups in total. The highest BCUT2D eigenvalue weighted by Gasteiger charge is 2.18. The molecule has 4 rings (SSSR count). The Morgan fingerprint density at radius 2 is 1.88 bits per heavy atom. The molecular formula is C26H26N3O3PS. The molecular weight excluding hydrogens is 465 g/mol. The number of anilines is 2. The number of aryl methyl sites for hydroxylation is 1. The van der Waals surface area contributed by atoms with Gasteiger partial charge in [0, 0.05) is 29.0 Å². The highest BCUT2D eigenvalue weighted by molar-refractivity contribution is 7.57. The fourth-order valence-electron chi connectivity index (χ4n) is 3.66. The van der Waals surface area contributed by atoms with Gasteiger partial charge in [0.15, 0.2) is 0 Å². The lowest BCUT2D eigenvalue weighted by Crippen LogP contribution is -2.13. The van der Waals surface area contributed by atoms with Crippen LogP contribution in [-0.2, 0) is 17.1 Å². The lowest BCUT2D eigenvalue weighted by Gasteiger charge is -2.12. The van der Waals surface area contributed by atoms with Crippen molar-refractivity contribution in [3.63, 3.8) is 0 Å². The van der Waals surface area contributed by atoms with Crippen molar-refractivity contribution in [3.05, 3.63) is 101 Å². The van der Waals surface area contributed by atoms with Crippen molar-refractivity contribution in [2.24, 2.45) is 0 Å². The van der Waals surface area contributed by atoms with Gasteiger partial charge in [0.05, 0.1) is 17.5 Å². The maximum Gasteiger partial charge on any atom is 0.255 e. The normalized spacial score (nSPS) is 12.7. The first kappa shape index (κ1) is 23.9. The van der Waals surface area contributed by atoms with Crippen molar-refractivity contribution in [2.45, 2.75) is 19.0 Å². The smallest absolute Gasteiger partial charge is 0.255 e. The summed E-state index contributed by atoms with van der Waals surface area (Å²) in [5.74, 6) is -0.238. The number of nitrogen functional groups attached to an aromatic ring is 1. The van der Waals surface area contributed by atoms with Crippen LogP contribution in [-0.4, -0.2) is 21.9 Å². The lowest BCUT2D eigenvalue weighted by molar-refractivity contribution is 0.102. The zero-order valence-electron chi connectivity index (χ0n) is 18.6. The van der Waals surface area contributed by atoms with Crippen LogP contribution in [0.2, 0.25) is 0 Å². The van der Waals surface area contributed by atoms with E-state index in [1.54, 1.807) is 48.0 Å². The number of carbonyl (C=O) groups is 1. The second kappa shape index (κ2) is 10.8. The number of amides is 1. The number of nitrogens with zero attached hydrogens (tertiary/aromatic N) is 1. The zero-order valence-corrected chi connectivity index (χ0v) is 20.3. The van der Waals surface area contributed by atoms with E-state index in [2.05, 4.69) is 10.3 Å². The number of rotatable bonds is 9. The summed E-state index contributed by atoms with van der Waals surface area (Å²) >= 11 is 1.63. The van der Waals surface area contributed by atoms with Crippen molar-refractivity contribution >= 4 is 36.0 Å². The maximum atomic E-state index is 12.8. The molecule has 1 atom stereocenters. The van der Waals surface area contributed by atoms with E-state index in [4.69, 9.17) is 5.73 Å². The quantitative estimate of drug-likeness (QED) is 0.195. The number of aromatic nitrogens is 1. The van der Waals surface area contributed by atoms with E-state index in [9.17, 15) is 14.3 Å². The Kier molecular flexibility index (Phi) is 7.58. The maximum absolute atomic E-state index is 12.8. The van der Waals surface area contributed by atoms with E-state index in [-0.39, 0.29) is 18.2 Å². The Balaban J connectivity index is 1.32. The largest absolute Gasteiger partial charge is 0.397 e. The van der Waals surface area contributed by atoms with E-state index in [1.165, 1.54) is 0 Å². The summed E-state index contributed by atoms with van der Waals surface area (Å²) < 4.78 is 12.5. The standard InChI is InChI=1S/C26H26N3O3PS/c27-23-12-11-22(25-6-3-15-34-25)16-24(23)29-26(30)21-9-7-19(8-10-21)5-2-14-33(31,32)18-20-4-1-13-28-17-20/h1,3-4,6-13,15-17H,2,5,14,18,27H2,(H,29,30)(H,31,32). The predicted octanol–water partition coefficient (Wildman–Crippen LogP) is 6.05. The second-order valence-electron chi connectivity index (χ2n) is 8.12. The van der Waals surface area contributed by atoms with Gasteiger partial charge in [0.2, 0.25) is 7.37 Å². The summed E-state index contributed by atoms with van der Waals surface area (Å²) in [6.07, 6.45) is 4.90. The molecule has 0 aliphatic heterocycles. The fraction of sp³-hybridized carbons (Fsp3) is 0.154. The van der Waals surface area contributed by atoms with Gasteiger partial charge < -0.3 is 15.9 Å². The summed E-state index contributed by atoms with van der Waals surface area (Å²) in [7, 11) is -3.26. The minimum atomic E-state index is -3.26. The number of nitrogens with two attached hydrogens (primary N) is 1. The number of hydrogen-bond donors (Lipinski definition) is 3. The van der Waals surface area contributed by atoms with Crippen molar-refractivity contribution in [1.82, 2.24) is 4.98 Å². The minimum Gasteiger partial charge on any atom is -0.397 e. The molecule has 0 radical (unpaired) electrons. The van der Waals surface area contributed by atoms with E-state index < -0.39 is 7.37 Å². The summed E-state index contributed by atoms with van der Waals surface area (Å²) in [5, 5.41) is 4.91. The molecule has 1 unspecified atom stereocenters. The molecule has 4 aromatic rings. The monoisotopic (exact) mass is 491 g/mol. The Morgan fingerprint density at radius 3 is 2.59 bits per heavy atom. The number of hydrogen-bond acceptors (Lipinski definition) is 5. The molecule has 1 amide bonds.